The number of aromatic nitrogens is 2. The van der Waals surface area contributed by atoms with Crippen LogP contribution >= 0.6 is 0 Å². The van der Waals surface area contributed by atoms with Crippen LogP contribution in [0, 0.1) is 5.92 Å². The molecule has 7 heteroatoms. The van der Waals surface area contributed by atoms with Gasteiger partial charge in [0.1, 0.15) is 11.6 Å². The molecule has 0 unspecified atom stereocenters. The molecule has 2 aromatic heterocycles. The smallest absolute Gasteiger partial charge is 0.255 e. The second kappa shape index (κ2) is 10.2. The van der Waals surface area contributed by atoms with E-state index >= 15 is 0 Å². The third-order valence-corrected chi connectivity index (χ3v) is 5.76. The number of fused-ring (bicyclic) bond motifs is 1. The second-order valence-electron chi connectivity index (χ2n) is 7.96. The van der Waals surface area contributed by atoms with E-state index in [-0.39, 0.29) is 13.3 Å². The van der Waals surface area contributed by atoms with Gasteiger partial charge in [-0.3, -0.25) is 4.79 Å². The summed E-state index contributed by atoms with van der Waals surface area (Å²) >= 11 is 0. The molecule has 1 amide bonds. The molecule has 7 nitrogen and oxygen atoms in total. The average molecular weight is 421 g/mol. The van der Waals surface area contributed by atoms with E-state index in [1.807, 2.05) is 30.3 Å². The molecule has 0 radical (unpaired) electrons. The number of nitrogens with one attached hydrogen (secondary N) is 2. The molecule has 1 fully saturated rings. The lowest BCUT2D eigenvalue weighted by atomic mass is 9.97. The van der Waals surface area contributed by atoms with Gasteiger partial charge in [0.05, 0.1) is 5.56 Å². The molecule has 1 aliphatic rings. The zero-order valence-corrected chi connectivity index (χ0v) is 17.3. The minimum absolute atomic E-state index is 0. The number of amides is 1. The summed E-state index contributed by atoms with van der Waals surface area (Å²) in [4.78, 5) is 23.7. The van der Waals surface area contributed by atoms with Gasteiger partial charge in [0.15, 0.2) is 0 Å². The number of hydrogen-bond acceptors (Lipinski definition) is 6. The highest BCUT2D eigenvalue weighted by atomic mass is 16.1. The zero-order valence-electron chi connectivity index (χ0n) is 17.3. The van der Waals surface area contributed by atoms with Crippen molar-refractivity contribution in [2.75, 3.05) is 37.7 Å². The Morgan fingerprint density at radius 2 is 1.97 bits per heavy atom. The van der Waals surface area contributed by atoms with Crippen LogP contribution < -0.4 is 16.4 Å². The van der Waals surface area contributed by atoms with Crippen molar-refractivity contribution < 1.29 is 4.79 Å². The Morgan fingerprint density at radius 1 is 1.16 bits per heavy atom. The Balaban J connectivity index is 0.00000272. The van der Waals surface area contributed by atoms with E-state index < -0.39 is 0 Å². The van der Waals surface area contributed by atoms with Crippen LogP contribution in [0.5, 0.6) is 0 Å². The number of carbonyl (C=O) groups is 1. The minimum Gasteiger partial charge on any atom is -0.383 e. The zero-order chi connectivity index (χ0) is 20.9. The van der Waals surface area contributed by atoms with E-state index in [9.17, 15) is 4.79 Å². The molecule has 31 heavy (non-hydrogen) atoms. The molecule has 1 aromatic carbocycles. The summed E-state index contributed by atoms with van der Waals surface area (Å²) in [5, 5.41) is 8.33. The molecule has 0 aliphatic carbocycles. The number of piperidine rings is 1. The number of anilines is 2. The Hall–Kier alpha value is -3.19. The maximum absolute atomic E-state index is 12.8. The number of rotatable bonds is 6. The first-order chi connectivity index (χ1) is 14.6. The van der Waals surface area contributed by atoms with Crippen LogP contribution in [0.2, 0.25) is 0 Å². The number of carbonyl (C=O) groups excluding carboxylic acids is 1. The van der Waals surface area contributed by atoms with Crippen molar-refractivity contribution in [3.05, 3.63) is 59.9 Å². The first-order valence-electron chi connectivity index (χ1n) is 10.4. The van der Waals surface area contributed by atoms with Gasteiger partial charge in [-0.1, -0.05) is 19.6 Å². The molecule has 1 saturated heterocycles. The predicted molar refractivity (Wildman–Crippen MR) is 127 cm³/mol. The van der Waals surface area contributed by atoms with Crippen molar-refractivity contribution in [3.8, 4) is 0 Å². The van der Waals surface area contributed by atoms with Crippen molar-refractivity contribution in [3.63, 3.8) is 0 Å². The van der Waals surface area contributed by atoms with Gasteiger partial charge in [-0.2, -0.15) is 0 Å². The highest BCUT2D eigenvalue weighted by molar-refractivity contribution is 5.98. The topological polar surface area (TPSA) is 96.2 Å². The van der Waals surface area contributed by atoms with Crippen LogP contribution in [0.4, 0.5) is 11.6 Å². The van der Waals surface area contributed by atoms with Gasteiger partial charge in [-0.05, 0) is 74.1 Å². The molecule has 3 aromatic rings. The van der Waals surface area contributed by atoms with Crippen LogP contribution in [-0.2, 0) is 6.54 Å². The van der Waals surface area contributed by atoms with Crippen molar-refractivity contribution in [2.24, 2.45) is 5.92 Å². The van der Waals surface area contributed by atoms with Crippen molar-refractivity contribution in [2.45, 2.75) is 26.8 Å². The Kier molecular flexibility index (Phi) is 7.41. The fraction of sp³-hybridized carbons (Fsp3) is 0.375. The number of nitrogens with two attached hydrogens (primary N) is 1. The minimum atomic E-state index is -0.136. The largest absolute Gasteiger partial charge is 0.383 e. The molecular weight excluding hydrogens is 388 g/mol. The first-order valence-corrected chi connectivity index (χ1v) is 10.4. The predicted octanol–water partition coefficient (Wildman–Crippen LogP) is 3.53. The van der Waals surface area contributed by atoms with E-state index in [2.05, 4.69) is 32.5 Å². The standard InChI is InChI=1S/C23H28N6O.CH4/c1-29-11-7-16(8-12-29)14-27-22-20(3-2-9-26-22)23(30)28-15-17-4-5-19-18(13-17)6-10-25-21(19)24;/h2-6,9-10,13,16H,7-8,11-12,14-15H2,1H3,(H2,24,25)(H,26,27)(H,28,30);1H4. The third-order valence-electron chi connectivity index (χ3n) is 5.76. The van der Waals surface area contributed by atoms with E-state index in [1.54, 1.807) is 18.5 Å². The van der Waals surface area contributed by atoms with Crippen molar-refractivity contribution >= 4 is 28.3 Å². The fourth-order valence-electron chi connectivity index (χ4n) is 3.87. The number of likely N-dealkylation sites (tertiary alicyclic amines) is 1. The Labute approximate surface area is 184 Å². The molecule has 4 N–H and O–H groups in total. The summed E-state index contributed by atoms with van der Waals surface area (Å²) in [6, 6.07) is 11.5. The van der Waals surface area contributed by atoms with E-state index in [4.69, 9.17) is 5.73 Å². The van der Waals surface area contributed by atoms with Gasteiger partial charge in [-0.25, -0.2) is 9.97 Å². The molecule has 0 spiro atoms. The van der Waals surface area contributed by atoms with Gasteiger partial charge in [0.25, 0.3) is 5.91 Å². The van der Waals surface area contributed by atoms with E-state index in [1.165, 1.54) is 12.8 Å². The summed E-state index contributed by atoms with van der Waals surface area (Å²) in [7, 11) is 2.16. The highest BCUT2D eigenvalue weighted by Crippen LogP contribution is 2.21. The maximum Gasteiger partial charge on any atom is 0.255 e. The quantitative estimate of drug-likeness (QED) is 0.565. The average Bonchev–Trinajstić information content (AvgIpc) is 2.77. The molecular formula is C24H32N6O. The highest BCUT2D eigenvalue weighted by Gasteiger charge is 2.18. The Bertz CT molecular complexity index is 1030. The lowest BCUT2D eigenvalue weighted by Gasteiger charge is -2.29. The molecule has 1 aliphatic heterocycles. The lowest BCUT2D eigenvalue weighted by Crippen LogP contribution is -2.33. The van der Waals surface area contributed by atoms with Gasteiger partial charge in [-0.15, -0.1) is 0 Å². The number of nitrogen functional groups attached to an aromatic ring is 1. The van der Waals surface area contributed by atoms with E-state index in [0.717, 1.165) is 36.0 Å². The summed E-state index contributed by atoms with van der Waals surface area (Å²) in [5.74, 6) is 1.63. The van der Waals surface area contributed by atoms with E-state index in [0.29, 0.717) is 29.7 Å². The van der Waals surface area contributed by atoms with Gasteiger partial charge >= 0.3 is 0 Å². The normalized spacial score (nSPS) is 14.7. The van der Waals surface area contributed by atoms with Crippen LogP contribution in [-0.4, -0.2) is 47.5 Å². The third kappa shape index (κ3) is 5.49. The molecule has 3 heterocycles. The van der Waals surface area contributed by atoms with Gasteiger partial charge in [0.2, 0.25) is 0 Å². The van der Waals surface area contributed by atoms with Crippen LogP contribution in [0.3, 0.4) is 0 Å². The number of nitrogens with zero attached hydrogens (tertiary/aromatic N) is 3. The van der Waals surface area contributed by atoms with Crippen molar-refractivity contribution in [1.29, 1.82) is 0 Å². The number of benzene rings is 1. The Morgan fingerprint density at radius 3 is 2.77 bits per heavy atom. The molecule has 0 saturated carbocycles. The van der Waals surface area contributed by atoms with Crippen molar-refractivity contribution in [1.82, 2.24) is 20.2 Å². The van der Waals surface area contributed by atoms with Gasteiger partial charge < -0.3 is 21.3 Å². The molecule has 0 atom stereocenters. The summed E-state index contributed by atoms with van der Waals surface area (Å²) < 4.78 is 0. The fourth-order valence-corrected chi connectivity index (χ4v) is 3.87. The van der Waals surface area contributed by atoms with Crippen LogP contribution in [0.25, 0.3) is 10.8 Å². The molecule has 4 rings (SSSR count). The maximum atomic E-state index is 12.8. The number of hydrogen-bond donors (Lipinski definition) is 3. The SMILES string of the molecule is C.CN1CCC(CNc2ncccc2C(=O)NCc2ccc3c(N)nccc3c2)CC1. The first kappa shape index (κ1) is 22.5. The van der Waals surface area contributed by atoms with Crippen LogP contribution in [0.1, 0.15) is 36.2 Å². The number of pyridine rings is 2. The summed E-state index contributed by atoms with van der Waals surface area (Å²) in [6.45, 7) is 3.51. The summed E-state index contributed by atoms with van der Waals surface area (Å²) in [5.41, 5.74) is 7.49. The molecule has 164 valence electrons. The monoisotopic (exact) mass is 420 g/mol. The molecule has 0 bridgehead atoms. The second-order valence-corrected chi connectivity index (χ2v) is 7.96. The van der Waals surface area contributed by atoms with Gasteiger partial charge in [0, 0.05) is 30.9 Å². The summed E-state index contributed by atoms with van der Waals surface area (Å²) in [6.07, 6.45) is 5.74. The lowest BCUT2D eigenvalue weighted by molar-refractivity contribution is 0.0951. The van der Waals surface area contributed by atoms with Crippen LogP contribution in [0.15, 0.2) is 48.8 Å².